The van der Waals surface area contributed by atoms with Gasteiger partial charge < -0.3 is 10.1 Å². The lowest BCUT2D eigenvalue weighted by Gasteiger charge is -2.18. The van der Waals surface area contributed by atoms with Crippen molar-refractivity contribution in [1.82, 2.24) is 5.32 Å². The number of halogens is 4. The summed E-state index contributed by atoms with van der Waals surface area (Å²) >= 11 is 0. The first-order chi connectivity index (χ1) is 8.97. The number of rotatable bonds is 2. The van der Waals surface area contributed by atoms with Crippen LogP contribution in [0, 0.1) is 5.82 Å². The highest BCUT2D eigenvalue weighted by Crippen LogP contribution is 2.34. The predicted octanol–water partition coefficient (Wildman–Crippen LogP) is 3.37. The molecular weight excluding hydrogens is 262 g/mol. The van der Waals surface area contributed by atoms with Crippen LogP contribution in [0.1, 0.15) is 24.8 Å². The topological polar surface area (TPSA) is 21.3 Å². The molecule has 1 N–H and O–H groups in total. The Morgan fingerprint density at radius 2 is 1.95 bits per heavy atom. The zero-order valence-corrected chi connectivity index (χ0v) is 10.3. The van der Waals surface area contributed by atoms with Crippen molar-refractivity contribution in [2.75, 3.05) is 13.1 Å². The molecule has 0 aliphatic carbocycles. The molecule has 1 saturated heterocycles. The van der Waals surface area contributed by atoms with E-state index in [4.69, 9.17) is 4.74 Å². The molecule has 0 amide bonds. The molecule has 1 heterocycles. The van der Waals surface area contributed by atoms with Gasteiger partial charge in [-0.1, -0.05) is 0 Å². The van der Waals surface area contributed by atoms with Crippen molar-refractivity contribution in [2.24, 2.45) is 0 Å². The molecule has 1 atom stereocenters. The molecule has 1 aliphatic heterocycles. The Morgan fingerprint density at radius 3 is 2.68 bits per heavy atom. The smallest absolute Gasteiger partial charge is 0.419 e. The van der Waals surface area contributed by atoms with Crippen molar-refractivity contribution in [2.45, 2.75) is 31.5 Å². The van der Waals surface area contributed by atoms with Gasteiger partial charge in [-0.25, -0.2) is 4.39 Å². The summed E-state index contributed by atoms with van der Waals surface area (Å²) in [6, 6.07) is 2.77. The second kappa shape index (κ2) is 5.77. The summed E-state index contributed by atoms with van der Waals surface area (Å²) in [7, 11) is 0. The number of ether oxygens (including phenoxy) is 1. The summed E-state index contributed by atoms with van der Waals surface area (Å²) in [5.41, 5.74) is -1.28. The van der Waals surface area contributed by atoms with Gasteiger partial charge in [0.2, 0.25) is 0 Å². The van der Waals surface area contributed by atoms with Crippen LogP contribution in [-0.2, 0) is 6.18 Å². The van der Waals surface area contributed by atoms with E-state index < -0.39 is 17.6 Å². The highest BCUT2D eigenvalue weighted by atomic mass is 19.4. The number of hydrogen-bond donors (Lipinski definition) is 1. The first kappa shape index (κ1) is 14.1. The molecule has 1 aromatic rings. The van der Waals surface area contributed by atoms with Gasteiger partial charge in [-0.05, 0) is 50.6 Å². The van der Waals surface area contributed by atoms with E-state index in [1.54, 1.807) is 0 Å². The molecule has 1 fully saturated rings. The fourth-order valence-electron chi connectivity index (χ4n) is 2.09. The van der Waals surface area contributed by atoms with Crippen molar-refractivity contribution in [3.05, 3.63) is 29.6 Å². The maximum Gasteiger partial charge on any atom is 0.419 e. The highest BCUT2D eigenvalue weighted by molar-refractivity contribution is 5.31. The van der Waals surface area contributed by atoms with Gasteiger partial charge in [-0.15, -0.1) is 0 Å². The van der Waals surface area contributed by atoms with Crippen molar-refractivity contribution < 1.29 is 22.3 Å². The molecule has 106 valence electrons. The van der Waals surface area contributed by atoms with Crippen LogP contribution in [-0.4, -0.2) is 19.2 Å². The van der Waals surface area contributed by atoms with E-state index >= 15 is 0 Å². The van der Waals surface area contributed by atoms with Crippen molar-refractivity contribution in [3.63, 3.8) is 0 Å². The summed E-state index contributed by atoms with van der Waals surface area (Å²) in [4.78, 5) is 0. The van der Waals surface area contributed by atoms with Crippen molar-refractivity contribution in [1.29, 1.82) is 0 Å². The lowest BCUT2D eigenvalue weighted by Crippen LogP contribution is -2.19. The van der Waals surface area contributed by atoms with Crippen LogP contribution >= 0.6 is 0 Å². The van der Waals surface area contributed by atoms with Crippen LogP contribution < -0.4 is 10.1 Å². The Labute approximate surface area is 108 Å². The quantitative estimate of drug-likeness (QED) is 0.837. The van der Waals surface area contributed by atoms with Crippen LogP contribution in [0.2, 0.25) is 0 Å². The molecular formula is C13H15F4NO. The lowest BCUT2D eigenvalue weighted by molar-refractivity contribution is -0.140. The average molecular weight is 277 g/mol. The van der Waals surface area contributed by atoms with Gasteiger partial charge in [0.1, 0.15) is 11.6 Å². The minimum Gasteiger partial charge on any atom is -0.490 e. The first-order valence-corrected chi connectivity index (χ1v) is 6.21. The fraction of sp³-hybridized carbons (Fsp3) is 0.538. The third kappa shape index (κ3) is 3.83. The summed E-state index contributed by atoms with van der Waals surface area (Å²) in [6.45, 7) is 1.66. The zero-order chi connectivity index (χ0) is 13.9. The zero-order valence-electron chi connectivity index (χ0n) is 10.3. The second-order valence-corrected chi connectivity index (χ2v) is 4.56. The molecule has 1 unspecified atom stereocenters. The Balaban J connectivity index is 2.12. The second-order valence-electron chi connectivity index (χ2n) is 4.56. The Kier molecular flexibility index (Phi) is 4.29. The molecule has 0 bridgehead atoms. The molecule has 19 heavy (non-hydrogen) atoms. The maximum absolute atomic E-state index is 13.1. The first-order valence-electron chi connectivity index (χ1n) is 6.21. The minimum absolute atomic E-state index is 0.0700. The Hall–Kier alpha value is -1.30. The molecule has 0 saturated carbocycles. The third-order valence-corrected chi connectivity index (χ3v) is 3.07. The number of benzene rings is 1. The molecule has 2 rings (SSSR count). The fourth-order valence-corrected chi connectivity index (χ4v) is 2.09. The van der Waals surface area contributed by atoms with E-state index in [9.17, 15) is 17.6 Å². The minimum atomic E-state index is -4.70. The van der Waals surface area contributed by atoms with E-state index in [0.29, 0.717) is 0 Å². The summed E-state index contributed by atoms with van der Waals surface area (Å²) in [5, 5.41) is 3.19. The number of nitrogens with one attached hydrogen (secondary N) is 1. The van der Waals surface area contributed by atoms with Gasteiger partial charge in [0.15, 0.2) is 0 Å². The summed E-state index contributed by atoms with van der Waals surface area (Å²) in [6.07, 6.45) is -2.39. The highest BCUT2D eigenvalue weighted by Gasteiger charge is 2.34. The largest absolute Gasteiger partial charge is 0.490 e. The molecule has 1 aromatic carbocycles. The molecule has 0 radical (unpaired) electrons. The van der Waals surface area contributed by atoms with Crippen LogP contribution in [0.15, 0.2) is 18.2 Å². The van der Waals surface area contributed by atoms with E-state index in [0.717, 1.165) is 44.5 Å². The number of alkyl halides is 3. The number of hydrogen-bond acceptors (Lipinski definition) is 2. The molecule has 0 aromatic heterocycles. The van der Waals surface area contributed by atoms with Gasteiger partial charge in [-0.3, -0.25) is 0 Å². The van der Waals surface area contributed by atoms with Gasteiger partial charge in [0.25, 0.3) is 0 Å². The SMILES string of the molecule is Fc1ccc(OC2CCCNCC2)cc1C(F)(F)F. The van der Waals surface area contributed by atoms with Gasteiger partial charge in [0, 0.05) is 0 Å². The van der Waals surface area contributed by atoms with Crippen LogP contribution in [0.3, 0.4) is 0 Å². The molecule has 0 spiro atoms. The van der Waals surface area contributed by atoms with Gasteiger partial charge >= 0.3 is 6.18 Å². The van der Waals surface area contributed by atoms with E-state index in [-0.39, 0.29) is 11.9 Å². The van der Waals surface area contributed by atoms with Gasteiger partial charge in [0.05, 0.1) is 11.7 Å². The Morgan fingerprint density at radius 1 is 1.16 bits per heavy atom. The molecule has 1 aliphatic rings. The van der Waals surface area contributed by atoms with Gasteiger partial charge in [-0.2, -0.15) is 13.2 Å². The van der Waals surface area contributed by atoms with E-state index in [1.807, 2.05) is 0 Å². The third-order valence-electron chi connectivity index (χ3n) is 3.07. The summed E-state index contributed by atoms with van der Waals surface area (Å²) in [5.74, 6) is -1.21. The van der Waals surface area contributed by atoms with Crippen LogP contribution in [0.4, 0.5) is 17.6 Å². The molecule has 2 nitrogen and oxygen atoms in total. The van der Waals surface area contributed by atoms with E-state index in [1.165, 1.54) is 6.07 Å². The summed E-state index contributed by atoms with van der Waals surface area (Å²) < 4.78 is 56.3. The van der Waals surface area contributed by atoms with Crippen LogP contribution in [0.25, 0.3) is 0 Å². The maximum atomic E-state index is 13.1. The van der Waals surface area contributed by atoms with Crippen molar-refractivity contribution >= 4 is 0 Å². The van der Waals surface area contributed by atoms with E-state index in [2.05, 4.69) is 5.32 Å². The average Bonchev–Trinajstić information content (AvgIpc) is 2.59. The monoisotopic (exact) mass is 277 g/mol. The Bertz CT molecular complexity index is 425. The normalized spacial score (nSPS) is 20.9. The lowest BCUT2D eigenvalue weighted by atomic mass is 10.1. The van der Waals surface area contributed by atoms with Crippen molar-refractivity contribution in [3.8, 4) is 5.75 Å². The molecule has 6 heteroatoms. The van der Waals surface area contributed by atoms with Crippen LogP contribution in [0.5, 0.6) is 5.75 Å². The predicted molar refractivity (Wildman–Crippen MR) is 62.5 cm³/mol. The standard InChI is InChI=1S/C13H15F4NO/c14-12-4-3-10(8-11(12)13(15,16)17)19-9-2-1-6-18-7-5-9/h3-4,8-9,18H,1-2,5-7H2.